The summed E-state index contributed by atoms with van der Waals surface area (Å²) in [5.74, 6) is 0. The van der Waals surface area contributed by atoms with Gasteiger partial charge >= 0.3 is 0 Å². The first-order valence-electron chi connectivity index (χ1n) is 3.55. The third kappa shape index (κ3) is 3.48. The Morgan fingerprint density at radius 2 is 1.86 bits per heavy atom. The number of halogens is 2. The summed E-state index contributed by atoms with van der Waals surface area (Å²) in [6, 6.07) is 8.08. The summed E-state index contributed by atoms with van der Waals surface area (Å²) in [7, 11) is 2.00. The largest absolute Gasteiger partial charge is 0.334 e. The maximum atomic E-state index is 4.26. The molecule has 0 N–H and O–H groups in total. The SMILES string of the molecule is ClOCl.Cn1cnc2ccccc21.[Se]. The summed E-state index contributed by atoms with van der Waals surface area (Å²) in [6.45, 7) is 0. The molecule has 2 aromatic rings. The molecular formula is C8H8Cl2N2OSe. The van der Waals surface area contributed by atoms with Crippen LogP contribution in [-0.2, 0) is 10.9 Å². The minimum absolute atomic E-state index is 0. The van der Waals surface area contributed by atoms with E-state index >= 15 is 0 Å². The number of rotatable bonds is 0. The van der Waals surface area contributed by atoms with E-state index in [0.717, 1.165) is 5.52 Å². The molecule has 0 aliphatic heterocycles. The van der Waals surface area contributed by atoms with E-state index in [1.54, 1.807) is 0 Å². The number of hydrogen-bond acceptors (Lipinski definition) is 2. The summed E-state index contributed by atoms with van der Waals surface area (Å²) in [5, 5.41) is 0. The molecule has 2 radical (unpaired) electrons. The van der Waals surface area contributed by atoms with Crippen LogP contribution in [0.3, 0.4) is 0 Å². The Balaban J connectivity index is 0.000000381. The average molecular weight is 298 g/mol. The molecule has 0 bridgehead atoms. The zero-order valence-electron chi connectivity index (χ0n) is 7.35. The number of hydrogen-bond donors (Lipinski definition) is 0. The molecular weight excluding hydrogens is 290 g/mol. The number of benzene rings is 1. The topological polar surface area (TPSA) is 27.1 Å². The molecule has 0 aliphatic carbocycles. The molecule has 1 aromatic heterocycles. The molecule has 1 heterocycles. The van der Waals surface area contributed by atoms with E-state index in [1.807, 2.05) is 36.1 Å². The quantitative estimate of drug-likeness (QED) is 0.699. The summed E-state index contributed by atoms with van der Waals surface area (Å²) in [5.41, 5.74) is 2.24. The van der Waals surface area contributed by atoms with Crippen molar-refractivity contribution >= 4 is 51.8 Å². The van der Waals surface area contributed by atoms with E-state index < -0.39 is 0 Å². The van der Waals surface area contributed by atoms with Crippen LogP contribution < -0.4 is 0 Å². The van der Waals surface area contributed by atoms with Gasteiger partial charge in [-0.25, -0.2) is 4.98 Å². The fraction of sp³-hybridized carbons (Fsp3) is 0.125. The smallest absolute Gasteiger partial charge is 0.0955 e. The summed E-state index contributed by atoms with van der Waals surface area (Å²) in [4.78, 5) is 4.18. The molecule has 0 spiro atoms. The van der Waals surface area contributed by atoms with Crippen LogP contribution in [0.25, 0.3) is 11.0 Å². The number of para-hydroxylation sites is 2. The first-order chi connectivity index (χ1) is 6.29. The molecule has 0 aliphatic rings. The van der Waals surface area contributed by atoms with Crippen LogP contribution in [-0.4, -0.2) is 26.6 Å². The van der Waals surface area contributed by atoms with Crippen molar-refractivity contribution in [2.75, 3.05) is 0 Å². The Morgan fingerprint density at radius 1 is 1.29 bits per heavy atom. The standard InChI is InChI=1S/C8H8N2.Cl2O.Se/c1-10-6-9-7-4-2-3-5-8(7)10;1-3-2;/h2-6H,1H3;;. The Kier molecular flexibility index (Phi) is 6.97. The van der Waals surface area contributed by atoms with Crippen molar-refractivity contribution in [1.29, 1.82) is 0 Å². The van der Waals surface area contributed by atoms with E-state index in [9.17, 15) is 0 Å². The maximum absolute atomic E-state index is 4.26. The molecule has 0 fully saturated rings. The molecule has 1 aromatic carbocycles. The van der Waals surface area contributed by atoms with Gasteiger partial charge in [0, 0.05) is 24.1 Å². The monoisotopic (exact) mass is 298 g/mol. The second-order valence-electron chi connectivity index (χ2n) is 2.40. The van der Waals surface area contributed by atoms with Crippen LogP contribution in [0.4, 0.5) is 0 Å². The number of imidazole rings is 1. The third-order valence-corrected chi connectivity index (χ3v) is 1.63. The maximum Gasteiger partial charge on any atom is 0.0955 e. The van der Waals surface area contributed by atoms with E-state index in [4.69, 9.17) is 0 Å². The van der Waals surface area contributed by atoms with Crippen molar-refractivity contribution in [3.8, 4) is 0 Å². The van der Waals surface area contributed by atoms with Gasteiger partial charge < -0.3 is 4.57 Å². The van der Waals surface area contributed by atoms with Crippen molar-refractivity contribution in [3.63, 3.8) is 0 Å². The molecule has 14 heavy (non-hydrogen) atoms. The van der Waals surface area contributed by atoms with E-state index in [0.29, 0.717) is 0 Å². The van der Waals surface area contributed by atoms with Gasteiger partial charge in [0.05, 0.1) is 41.1 Å². The number of fused-ring (bicyclic) bond motifs is 1. The number of nitrogens with zero attached hydrogens (tertiary/aromatic N) is 2. The zero-order valence-corrected chi connectivity index (χ0v) is 10.6. The summed E-state index contributed by atoms with van der Waals surface area (Å²) in [6.07, 6.45) is 1.82. The van der Waals surface area contributed by atoms with Crippen LogP contribution >= 0.6 is 23.7 Å². The molecule has 0 amide bonds. The second-order valence-corrected chi connectivity index (χ2v) is 2.87. The van der Waals surface area contributed by atoms with Gasteiger partial charge in [0.15, 0.2) is 0 Å². The molecule has 0 saturated heterocycles. The number of aromatic nitrogens is 2. The van der Waals surface area contributed by atoms with Crippen molar-refractivity contribution in [2.45, 2.75) is 0 Å². The van der Waals surface area contributed by atoms with Crippen molar-refractivity contribution in [2.24, 2.45) is 7.05 Å². The molecule has 0 unspecified atom stereocenters. The molecule has 0 saturated carbocycles. The Hall–Kier alpha value is -0.251. The van der Waals surface area contributed by atoms with E-state index in [2.05, 4.69) is 38.6 Å². The molecule has 0 atom stereocenters. The second kappa shape index (κ2) is 7.10. The Bertz CT molecular complexity index is 380. The van der Waals surface area contributed by atoms with Gasteiger partial charge in [0.2, 0.25) is 0 Å². The van der Waals surface area contributed by atoms with Gasteiger partial charge in [0.25, 0.3) is 0 Å². The predicted octanol–water partition coefficient (Wildman–Crippen LogP) is 2.50. The van der Waals surface area contributed by atoms with Crippen LogP contribution in [0.1, 0.15) is 0 Å². The fourth-order valence-corrected chi connectivity index (χ4v) is 1.08. The van der Waals surface area contributed by atoms with Gasteiger partial charge in [-0.2, -0.15) is 3.84 Å². The third-order valence-electron chi connectivity index (χ3n) is 1.63. The van der Waals surface area contributed by atoms with Crippen LogP contribution in [0.15, 0.2) is 30.6 Å². The van der Waals surface area contributed by atoms with E-state index in [-0.39, 0.29) is 17.1 Å². The Labute approximate surface area is 103 Å². The van der Waals surface area contributed by atoms with Crippen LogP contribution in [0.2, 0.25) is 0 Å². The summed E-state index contributed by atoms with van der Waals surface area (Å²) >= 11 is 8.53. The first kappa shape index (κ1) is 13.7. The van der Waals surface area contributed by atoms with Gasteiger partial charge in [-0.1, -0.05) is 12.1 Å². The fourth-order valence-electron chi connectivity index (χ4n) is 1.08. The minimum atomic E-state index is 0. The van der Waals surface area contributed by atoms with Gasteiger partial charge in [-0.05, 0) is 12.1 Å². The minimum Gasteiger partial charge on any atom is -0.334 e. The summed E-state index contributed by atoms with van der Waals surface area (Å²) < 4.78 is 5.20. The van der Waals surface area contributed by atoms with Crippen LogP contribution in [0, 0.1) is 0 Å². The Morgan fingerprint density at radius 3 is 2.43 bits per heavy atom. The predicted molar refractivity (Wildman–Crippen MR) is 59.3 cm³/mol. The normalized spacial score (nSPS) is 8.79. The first-order valence-corrected chi connectivity index (χ1v) is 4.16. The molecule has 76 valence electrons. The zero-order chi connectivity index (χ0) is 9.68. The number of aryl methyl sites for hydroxylation is 1. The average Bonchev–Trinajstić information content (AvgIpc) is 2.50. The van der Waals surface area contributed by atoms with Crippen molar-refractivity contribution in [1.82, 2.24) is 9.55 Å². The molecule has 3 nitrogen and oxygen atoms in total. The van der Waals surface area contributed by atoms with Crippen molar-refractivity contribution in [3.05, 3.63) is 30.6 Å². The van der Waals surface area contributed by atoms with Gasteiger partial charge in [-0.3, -0.25) is 0 Å². The molecule has 2 rings (SSSR count). The molecule has 6 heteroatoms. The van der Waals surface area contributed by atoms with Crippen molar-refractivity contribution < 1.29 is 3.84 Å². The van der Waals surface area contributed by atoms with Crippen LogP contribution in [0.5, 0.6) is 0 Å². The van der Waals surface area contributed by atoms with E-state index in [1.165, 1.54) is 5.52 Å². The van der Waals surface area contributed by atoms with Gasteiger partial charge in [-0.15, -0.1) is 0 Å². The van der Waals surface area contributed by atoms with Gasteiger partial charge in [0.1, 0.15) is 0 Å².